The quantitative estimate of drug-likeness (QED) is 0.310. The molecule has 7 heteroatoms. The smallest absolute Gasteiger partial charge is 0.408 e. The van der Waals surface area contributed by atoms with E-state index in [1.54, 1.807) is 25.7 Å². The summed E-state index contributed by atoms with van der Waals surface area (Å²) >= 11 is 0. The van der Waals surface area contributed by atoms with Crippen molar-refractivity contribution in [1.29, 1.82) is 0 Å². The molecular weight excluding hydrogens is 526 g/mol. The van der Waals surface area contributed by atoms with E-state index in [-0.39, 0.29) is 18.2 Å². The Morgan fingerprint density at radius 3 is 1.81 bits per heavy atom. The Bertz CT molecular complexity index is 1340. The van der Waals surface area contributed by atoms with Gasteiger partial charge in [0.25, 0.3) is 0 Å². The van der Waals surface area contributed by atoms with Crippen molar-refractivity contribution in [2.24, 2.45) is 0 Å². The van der Waals surface area contributed by atoms with Crippen LogP contribution in [0.3, 0.4) is 0 Å². The number of hydrogen-bond acceptors (Lipinski definition) is 4. The molecule has 3 aromatic carbocycles. The molecule has 2 N–H and O–H groups in total. The molecule has 0 aliphatic heterocycles. The van der Waals surface area contributed by atoms with Crippen molar-refractivity contribution in [3.63, 3.8) is 0 Å². The van der Waals surface area contributed by atoms with E-state index in [0.717, 1.165) is 22.3 Å². The highest BCUT2D eigenvalue weighted by atomic mass is 16.6. The van der Waals surface area contributed by atoms with Gasteiger partial charge in [0.15, 0.2) is 0 Å². The summed E-state index contributed by atoms with van der Waals surface area (Å²) in [4.78, 5) is 43.3. The minimum absolute atomic E-state index is 0.233. The summed E-state index contributed by atoms with van der Waals surface area (Å²) in [5, 5.41) is 5.88. The van der Waals surface area contributed by atoms with Crippen molar-refractivity contribution in [2.75, 3.05) is 0 Å². The van der Waals surface area contributed by atoms with E-state index < -0.39 is 29.3 Å². The number of benzene rings is 3. The predicted octanol–water partition coefficient (Wildman–Crippen LogP) is 6.42. The molecule has 7 nitrogen and oxygen atoms in total. The van der Waals surface area contributed by atoms with Gasteiger partial charge in [0.2, 0.25) is 11.8 Å². The fourth-order valence-corrected chi connectivity index (χ4v) is 4.98. The molecule has 0 radical (unpaired) electrons. The van der Waals surface area contributed by atoms with Crippen LogP contribution in [0.25, 0.3) is 0 Å². The Labute approximate surface area is 250 Å². The van der Waals surface area contributed by atoms with Gasteiger partial charge in [-0.15, -0.1) is 0 Å². The van der Waals surface area contributed by atoms with Crippen molar-refractivity contribution in [3.05, 3.63) is 107 Å². The Morgan fingerprint density at radius 2 is 1.31 bits per heavy atom. The number of carbonyl (C=O) groups is 3. The number of ether oxygens (including phenoxy) is 1. The summed E-state index contributed by atoms with van der Waals surface area (Å²) in [5.74, 6) is -0.681. The minimum atomic E-state index is -0.975. The maximum atomic E-state index is 14.6. The first kappa shape index (κ1) is 32.4. The van der Waals surface area contributed by atoms with Gasteiger partial charge in [-0.2, -0.15) is 0 Å². The van der Waals surface area contributed by atoms with Gasteiger partial charge >= 0.3 is 6.09 Å². The molecule has 0 bridgehead atoms. The monoisotopic (exact) mass is 571 g/mol. The fourth-order valence-electron chi connectivity index (χ4n) is 4.98. The van der Waals surface area contributed by atoms with Gasteiger partial charge in [0.1, 0.15) is 17.7 Å². The highest BCUT2D eigenvalue weighted by Gasteiger charge is 2.42. The number of nitrogens with one attached hydrogen (secondary N) is 2. The number of nitrogens with zero attached hydrogens (tertiary/aromatic N) is 1. The number of hydrogen-bond donors (Lipinski definition) is 2. The molecule has 0 heterocycles. The normalized spacial score (nSPS) is 13.0. The van der Waals surface area contributed by atoms with E-state index in [0.29, 0.717) is 12.1 Å². The number of alkyl carbamates (subject to hydrolysis) is 1. The molecule has 42 heavy (non-hydrogen) atoms. The van der Waals surface area contributed by atoms with Gasteiger partial charge in [-0.05, 0) is 72.1 Å². The summed E-state index contributed by atoms with van der Waals surface area (Å²) in [6, 6.07) is 23.2. The second-order valence-electron chi connectivity index (χ2n) is 12.8. The first-order valence-electron chi connectivity index (χ1n) is 14.4. The number of rotatable bonds is 9. The third-order valence-corrected chi connectivity index (χ3v) is 6.61. The minimum Gasteiger partial charge on any atom is -0.444 e. The summed E-state index contributed by atoms with van der Waals surface area (Å²) in [6.07, 6.45) is -0.460. The van der Waals surface area contributed by atoms with Crippen LogP contribution in [0.1, 0.15) is 75.4 Å². The van der Waals surface area contributed by atoms with E-state index in [4.69, 9.17) is 4.74 Å². The van der Waals surface area contributed by atoms with Crippen LogP contribution in [0.2, 0.25) is 0 Å². The van der Waals surface area contributed by atoms with E-state index in [1.807, 2.05) is 113 Å². The van der Waals surface area contributed by atoms with Crippen molar-refractivity contribution in [1.82, 2.24) is 15.5 Å². The van der Waals surface area contributed by atoms with Gasteiger partial charge in [-0.1, -0.05) is 90.0 Å². The molecule has 0 saturated carbocycles. The average molecular weight is 572 g/mol. The molecule has 3 aromatic rings. The Morgan fingerprint density at radius 1 is 0.786 bits per heavy atom. The molecule has 2 atom stereocenters. The molecule has 0 fully saturated rings. The molecule has 3 rings (SSSR count). The molecule has 0 aromatic heterocycles. The highest BCUT2D eigenvalue weighted by Crippen LogP contribution is 2.32. The zero-order chi connectivity index (χ0) is 31.1. The molecule has 0 aliphatic rings. The second kappa shape index (κ2) is 13.7. The molecular formula is C35H45N3O4. The van der Waals surface area contributed by atoms with E-state index in [1.165, 1.54) is 0 Å². The van der Waals surface area contributed by atoms with Crippen molar-refractivity contribution in [3.8, 4) is 0 Å². The summed E-state index contributed by atoms with van der Waals surface area (Å²) in [6.45, 7) is 15.3. The van der Waals surface area contributed by atoms with Gasteiger partial charge in [0.05, 0.1) is 0 Å². The van der Waals surface area contributed by atoms with Crippen LogP contribution in [0, 0.1) is 13.8 Å². The van der Waals surface area contributed by atoms with E-state index in [2.05, 4.69) is 10.6 Å². The maximum absolute atomic E-state index is 14.6. The van der Waals surface area contributed by atoms with Gasteiger partial charge in [0, 0.05) is 18.5 Å². The van der Waals surface area contributed by atoms with Gasteiger partial charge in [-0.3, -0.25) is 9.59 Å². The van der Waals surface area contributed by atoms with Gasteiger partial charge in [-0.25, -0.2) is 4.79 Å². The number of amides is 3. The van der Waals surface area contributed by atoms with Crippen LogP contribution >= 0.6 is 0 Å². The molecule has 0 saturated heterocycles. The van der Waals surface area contributed by atoms with Crippen LogP contribution in [-0.2, 0) is 27.3 Å². The molecule has 0 aliphatic carbocycles. The zero-order valence-electron chi connectivity index (χ0n) is 26.2. The maximum Gasteiger partial charge on any atom is 0.408 e. The van der Waals surface area contributed by atoms with E-state index >= 15 is 0 Å². The first-order valence-corrected chi connectivity index (χ1v) is 14.4. The topological polar surface area (TPSA) is 87.7 Å². The van der Waals surface area contributed by atoms with Crippen molar-refractivity contribution >= 4 is 17.9 Å². The van der Waals surface area contributed by atoms with Crippen LogP contribution in [0.15, 0.2) is 78.9 Å². The lowest BCUT2D eigenvalue weighted by molar-refractivity contribution is -0.148. The lowest BCUT2D eigenvalue weighted by atomic mass is 9.92. The summed E-state index contributed by atoms with van der Waals surface area (Å²) < 4.78 is 5.53. The van der Waals surface area contributed by atoms with Gasteiger partial charge < -0.3 is 20.3 Å². The average Bonchev–Trinajstić information content (AvgIpc) is 2.88. The van der Waals surface area contributed by atoms with E-state index in [9.17, 15) is 14.4 Å². The Hall–Kier alpha value is -4.13. The van der Waals surface area contributed by atoms with Crippen LogP contribution in [0.5, 0.6) is 0 Å². The van der Waals surface area contributed by atoms with Crippen LogP contribution in [-0.4, -0.2) is 40.0 Å². The Balaban J connectivity index is 2.08. The molecule has 2 unspecified atom stereocenters. The number of carbonyl (C=O) groups excluding carboxylic acids is 3. The fraction of sp³-hybridized carbons (Fsp3) is 0.400. The molecule has 0 spiro atoms. The predicted molar refractivity (Wildman–Crippen MR) is 167 cm³/mol. The molecule has 3 amide bonds. The van der Waals surface area contributed by atoms with Crippen LogP contribution < -0.4 is 10.6 Å². The lowest BCUT2D eigenvalue weighted by Gasteiger charge is -2.43. The lowest BCUT2D eigenvalue weighted by Crippen LogP contribution is -2.59. The van der Waals surface area contributed by atoms with Crippen LogP contribution in [0.4, 0.5) is 4.79 Å². The SMILES string of the molecule is Cc1cc(C)cc(C(C(=O)NCc2ccccc2)N(C(=O)C(Cc2ccccc2)NC(=O)OC(C)(C)C)C(C)(C)C)c1. The van der Waals surface area contributed by atoms with Crippen molar-refractivity contribution < 1.29 is 19.1 Å². The van der Waals surface area contributed by atoms with Crippen molar-refractivity contribution in [2.45, 2.75) is 91.6 Å². The Kier molecular flexibility index (Phi) is 10.6. The third-order valence-electron chi connectivity index (χ3n) is 6.61. The second-order valence-corrected chi connectivity index (χ2v) is 12.8. The standard InChI is InChI=1S/C35H45N3O4/c1-24-19-25(2)21-28(20-24)30(31(39)36-23-27-17-13-10-14-18-27)38(34(3,4)5)32(40)29(22-26-15-11-9-12-16-26)37-33(41)42-35(6,7)8/h9-21,29-30H,22-23H2,1-8H3,(H,36,39)(H,37,41). The zero-order valence-corrected chi connectivity index (χ0v) is 26.2. The summed E-state index contributed by atoms with van der Waals surface area (Å²) in [7, 11) is 0. The third kappa shape index (κ3) is 9.47. The summed E-state index contributed by atoms with van der Waals surface area (Å²) in [5.41, 5.74) is 2.97. The highest BCUT2D eigenvalue weighted by molar-refractivity contribution is 5.93. The number of aryl methyl sites for hydroxylation is 2. The first-order chi connectivity index (χ1) is 19.6. The largest absolute Gasteiger partial charge is 0.444 e. The molecule has 224 valence electrons.